The minimum absolute atomic E-state index is 0.0552. The number of rotatable bonds is 5. The van der Waals surface area contributed by atoms with Gasteiger partial charge in [-0.1, -0.05) is 26.0 Å². The van der Waals surface area contributed by atoms with E-state index in [1.807, 2.05) is 0 Å². The number of nitrogens with two attached hydrogens (primary N) is 1. The average Bonchev–Trinajstić information content (AvgIpc) is 2.96. The second-order valence-corrected chi connectivity index (χ2v) is 9.60. The number of carboxylic acid groups (broad SMARTS) is 1. The summed E-state index contributed by atoms with van der Waals surface area (Å²) in [6.45, 7) is 5.50. The quantitative estimate of drug-likeness (QED) is 0.648. The minimum Gasteiger partial charge on any atom is -0.487 e. The molecule has 0 spiro atoms. The van der Waals surface area contributed by atoms with Crippen molar-refractivity contribution >= 4 is 28.2 Å². The van der Waals surface area contributed by atoms with Crippen LogP contribution in [0.5, 0.6) is 5.75 Å². The van der Waals surface area contributed by atoms with Gasteiger partial charge in [0, 0.05) is 4.88 Å². The molecule has 2 heterocycles. The summed E-state index contributed by atoms with van der Waals surface area (Å²) in [5, 5.41) is 14.7. The van der Waals surface area contributed by atoms with E-state index in [2.05, 4.69) is 19.2 Å². The van der Waals surface area contributed by atoms with E-state index in [4.69, 9.17) is 10.6 Å². The van der Waals surface area contributed by atoms with Crippen LogP contribution >= 0.6 is 11.3 Å². The van der Waals surface area contributed by atoms with Gasteiger partial charge < -0.3 is 15.2 Å². The highest BCUT2D eigenvalue weighted by Crippen LogP contribution is 2.44. The van der Waals surface area contributed by atoms with Crippen molar-refractivity contribution < 1.29 is 19.4 Å². The van der Waals surface area contributed by atoms with Crippen molar-refractivity contribution in [3.63, 3.8) is 0 Å². The molecule has 1 saturated heterocycles. The lowest BCUT2D eigenvalue weighted by molar-refractivity contribution is 0.0193. The molecule has 1 aliphatic heterocycles. The highest BCUT2D eigenvalue weighted by molar-refractivity contribution is 7.17. The van der Waals surface area contributed by atoms with Gasteiger partial charge in [0.1, 0.15) is 16.9 Å². The number of anilines is 1. The van der Waals surface area contributed by atoms with Crippen LogP contribution in [0.2, 0.25) is 0 Å². The van der Waals surface area contributed by atoms with Crippen LogP contribution in [0.25, 0.3) is 0 Å². The zero-order chi connectivity index (χ0) is 20.8. The van der Waals surface area contributed by atoms with Gasteiger partial charge in [-0.15, -0.1) is 11.3 Å². The Morgan fingerprint density at radius 1 is 1.31 bits per heavy atom. The van der Waals surface area contributed by atoms with Crippen molar-refractivity contribution in [2.24, 2.45) is 11.3 Å². The molecule has 1 aliphatic carbocycles. The summed E-state index contributed by atoms with van der Waals surface area (Å²) in [6.07, 6.45) is 2.48. The van der Waals surface area contributed by atoms with Crippen LogP contribution in [0.1, 0.15) is 51.4 Å². The topological polar surface area (TPSA) is 105 Å². The highest BCUT2D eigenvalue weighted by Gasteiger charge is 2.33. The third-order valence-corrected chi connectivity index (χ3v) is 6.72. The van der Waals surface area contributed by atoms with Crippen molar-refractivity contribution in [3.05, 3.63) is 45.8 Å². The third kappa shape index (κ3) is 4.01. The SMILES string of the molecule is CC1(C)CCc2sc(NC(=O)c3ccccc3OC3CN(N)C3)c(C(=O)O)c2C1. The molecule has 0 unspecified atom stereocenters. The van der Waals surface area contributed by atoms with Crippen LogP contribution in [-0.4, -0.2) is 41.2 Å². The molecule has 2 aromatic rings. The zero-order valence-corrected chi connectivity index (χ0v) is 17.3. The summed E-state index contributed by atoms with van der Waals surface area (Å²) in [6, 6.07) is 6.99. The van der Waals surface area contributed by atoms with E-state index in [1.165, 1.54) is 11.3 Å². The molecule has 1 amide bonds. The number of benzene rings is 1. The number of ether oxygens (including phenoxy) is 1. The lowest BCUT2D eigenvalue weighted by atomic mass is 9.76. The van der Waals surface area contributed by atoms with E-state index < -0.39 is 5.97 Å². The molecular formula is C21H25N3O4S. The minimum atomic E-state index is -1.00. The Morgan fingerprint density at radius 2 is 2.03 bits per heavy atom. The zero-order valence-electron chi connectivity index (χ0n) is 16.5. The maximum atomic E-state index is 13.0. The first-order valence-electron chi connectivity index (χ1n) is 9.68. The molecule has 1 aromatic carbocycles. The van der Waals surface area contributed by atoms with E-state index in [-0.39, 0.29) is 23.0 Å². The number of thiophene rings is 1. The number of aromatic carboxylic acids is 1. The fourth-order valence-corrected chi connectivity index (χ4v) is 5.09. The summed E-state index contributed by atoms with van der Waals surface area (Å²) < 4.78 is 5.90. The number of nitrogens with zero attached hydrogens (tertiary/aromatic N) is 1. The lowest BCUT2D eigenvalue weighted by Crippen LogP contribution is -2.57. The number of carboxylic acids is 1. The number of hydrogen-bond acceptors (Lipinski definition) is 6. The van der Waals surface area contributed by atoms with Crippen LogP contribution in [0, 0.1) is 5.41 Å². The summed E-state index contributed by atoms with van der Waals surface area (Å²) >= 11 is 1.37. The van der Waals surface area contributed by atoms with Crippen molar-refractivity contribution in [1.29, 1.82) is 0 Å². The van der Waals surface area contributed by atoms with Gasteiger partial charge in [0.15, 0.2) is 0 Å². The summed E-state index contributed by atoms with van der Waals surface area (Å²) in [5.74, 6) is 4.76. The predicted molar refractivity (Wildman–Crippen MR) is 112 cm³/mol. The normalized spacial score (nSPS) is 18.6. The molecule has 4 N–H and O–H groups in total. The first-order valence-corrected chi connectivity index (χ1v) is 10.5. The first-order chi connectivity index (χ1) is 13.7. The highest BCUT2D eigenvalue weighted by atomic mass is 32.1. The number of carbonyl (C=O) groups is 2. The summed E-state index contributed by atoms with van der Waals surface area (Å²) in [4.78, 5) is 26.0. The summed E-state index contributed by atoms with van der Waals surface area (Å²) in [7, 11) is 0. The van der Waals surface area contributed by atoms with E-state index in [0.29, 0.717) is 35.8 Å². The first kappa shape index (κ1) is 19.9. The Balaban J connectivity index is 1.60. The van der Waals surface area contributed by atoms with Gasteiger partial charge in [-0.05, 0) is 42.4 Å². The Hall–Kier alpha value is -2.42. The molecule has 2 aliphatic rings. The smallest absolute Gasteiger partial charge is 0.339 e. The molecule has 4 rings (SSSR count). The Kier molecular flexibility index (Phi) is 5.10. The Morgan fingerprint density at radius 3 is 2.72 bits per heavy atom. The van der Waals surface area contributed by atoms with Crippen molar-refractivity contribution in [2.75, 3.05) is 18.4 Å². The number of carbonyl (C=O) groups excluding carboxylic acids is 1. The van der Waals surface area contributed by atoms with Gasteiger partial charge in [-0.25, -0.2) is 9.80 Å². The molecule has 154 valence electrons. The van der Waals surface area contributed by atoms with Crippen LogP contribution in [0.4, 0.5) is 5.00 Å². The fraction of sp³-hybridized carbons (Fsp3) is 0.429. The number of nitrogens with one attached hydrogen (secondary N) is 1. The fourth-order valence-electron chi connectivity index (χ4n) is 3.89. The van der Waals surface area contributed by atoms with E-state index in [0.717, 1.165) is 23.3 Å². The average molecular weight is 416 g/mol. The van der Waals surface area contributed by atoms with E-state index in [1.54, 1.807) is 29.3 Å². The van der Waals surface area contributed by atoms with Crippen molar-refractivity contribution in [3.8, 4) is 5.75 Å². The van der Waals surface area contributed by atoms with Crippen LogP contribution in [-0.2, 0) is 12.8 Å². The predicted octanol–water partition coefficient (Wildman–Crippen LogP) is 3.15. The van der Waals surface area contributed by atoms with Crippen LogP contribution in [0.15, 0.2) is 24.3 Å². The molecule has 7 nitrogen and oxygen atoms in total. The number of fused-ring (bicyclic) bond motifs is 1. The molecule has 1 fully saturated rings. The Labute approximate surface area is 173 Å². The van der Waals surface area contributed by atoms with Crippen LogP contribution in [0.3, 0.4) is 0 Å². The molecule has 29 heavy (non-hydrogen) atoms. The van der Waals surface area contributed by atoms with Gasteiger partial charge in [0.25, 0.3) is 5.91 Å². The summed E-state index contributed by atoms with van der Waals surface area (Å²) in [5.41, 5.74) is 1.52. The number of para-hydroxylation sites is 1. The third-order valence-electron chi connectivity index (χ3n) is 5.52. The monoisotopic (exact) mass is 415 g/mol. The molecule has 0 saturated carbocycles. The van der Waals surface area contributed by atoms with E-state index >= 15 is 0 Å². The van der Waals surface area contributed by atoms with Crippen molar-refractivity contribution in [1.82, 2.24) is 5.01 Å². The molecule has 8 heteroatoms. The van der Waals surface area contributed by atoms with Gasteiger partial charge >= 0.3 is 5.97 Å². The molecule has 0 atom stereocenters. The van der Waals surface area contributed by atoms with E-state index in [9.17, 15) is 14.7 Å². The standard InChI is InChI=1S/C21H25N3O4S/c1-21(2)8-7-16-14(9-21)17(20(26)27)19(29-16)23-18(25)13-5-3-4-6-15(13)28-12-10-24(22)11-12/h3-6,12H,7-11,22H2,1-2H3,(H,23,25)(H,26,27). The van der Waals surface area contributed by atoms with Crippen LogP contribution < -0.4 is 15.9 Å². The molecule has 0 radical (unpaired) electrons. The largest absolute Gasteiger partial charge is 0.487 e. The Bertz CT molecular complexity index is 963. The number of aryl methyl sites for hydroxylation is 1. The number of amides is 1. The number of hydrogen-bond donors (Lipinski definition) is 3. The van der Waals surface area contributed by atoms with Gasteiger partial charge in [-0.2, -0.15) is 0 Å². The second-order valence-electron chi connectivity index (χ2n) is 8.50. The maximum Gasteiger partial charge on any atom is 0.339 e. The van der Waals surface area contributed by atoms with Gasteiger partial charge in [-0.3, -0.25) is 10.6 Å². The molecule has 0 bridgehead atoms. The maximum absolute atomic E-state index is 13.0. The molecule has 1 aromatic heterocycles. The van der Waals surface area contributed by atoms with Gasteiger partial charge in [0.2, 0.25) is 0 Å². The van der Waals surface area contributed by atoms with Crippen molar-refractivity contribution in [2.45, 2.75) is 39.2 Å². The lowest BCUT2D eigenvalue weighted by Gasteiger charge is -2.35. The second kappa shape index (κ2) is 7.44. The van der Waals surface area contributed by atoms with Gasteiger partial charge in [0.05, 0.1) is 24.2 Å². The number of hydrazine groups is 1. The molecular weight excluding hydrogens is 390 g/mol.